The second-order valence-corrected chi connectivity index (χ2v) is 4.61. The third kappa shape index (κ3) is 3.31. The molecule has 0 bridgehead atoms. The number of carbonyl (C=O) groups excluding carboxylic acids is 1. The highest BCUT2D eigenvalue weighted by Gasteiger charge is 2.07. The van der Waals surface area contributed by atoms with Gasteiger partial charge in [-0.3, -0.25) is 4.79 Å². The molecular formula is C18H18O3. The summed E-state index contributed by atoms with van der Waals surface area (Å²) in [6.07, 6.45) is 0.890. The van der Waals surface area contributed by atoms with E-state index in [1.807, 2.05) is 55.5 Å². The van der Waals surface area contributed by atoms with Gasteiger partial charge < -0.3 is 9.47 Å². The lowest BCUT2D eigenvalue weighted by Gasteiger charge is -2.09. The van der Waals surface area contributed by atoms with Gasteiger partial charge in [0.25, 0.3) is 0 Å². The average molecular weight is 282 g/mol. The Morgan fingerprint density at radius 2 is 1.24 bits per heavy atom. The van der Waals surface area contributed by atoms with Gasteiger partial charge in [0, 0.05) is 5.57 Å². The predicted molar refractivity (Wildman–Crippen MR) is 84.5 cm³/mol. The molecule has 2 rings (SSSR count). The first kappa shape index (κ1) is 14.9. The zero-order valence-electron chi connectivity index (χ0n) is 12.4. The molecule has 0 aromatic heterocycles. The van der Waals surface area contributed by atoms with E-state index in [1.54, 1.807) is 14.2 Å². The Hall–Kier alpha value is -2.55. The van der Waals surface area contributed by atoms with E-state index in [9.17, 15) is 4.79 Å². The van der Waals surface area contributed by atoms with Crippen molar-refractivity contribution in [1.82, 2.24) is 0 Å². The van der Waals surface area contributed by atoms with Gasteiger partial charge in [-0.25, -0.2) is 0 Å². The number of aldehydes is 1. The molecule has 0 amide bonds. The zero-order valence-corrected chi connectivity index (χ0v) is 12.4. The van der Waals surface area contributed by atoms with Crippen molar-refractivity contribution in [3.63, 3.8) is 0 Å². The van der Waals surface area contributed by atoms with Gasteiger partial charge in [-0.05, 0) is 47.9 Å². The summed E-state index contributed by atoms with van der Waals surface area (Å²) in [5.74, 6) is 1.56. The van der Waals surface area contributed by atoms with E-state index in [0.29, 0.717) is 5.57 Å². The smallest absolute Gasteiger partial charge is 0.150 e. The lowest BCUT2D eigenvalue weighted by molar-refractivity contribution is -0.103. The fourth-order valence-corrected chi connectivity index (χ4v) is 2.14. The van der Waals surface area contributed by atoms with Crippen molar-refractivity contribution in [3.8, 4) is 11.5 Å². The Labute approximate surface area is 124 Å². The minimum atomic E-state index is 0.669. The Morgan fingerprint density at radius 3 is 1.62 bits per heavy atom. The topological polar surface area (TPSA) is 35.5 Å². The maximum atomic E-state index is 11.5. The van der Waals surface area contributed by atoms with Crippen molar-refractivity contribution < 1.29 is 14.3 Å². The van der Waals surface area contributed by atoms with E-state index in [0.717, 1.165) is 34.5 Å². The van der Waals surface area contributed by atoms with Crippen molar-refractivity contribution >= 4 is 17.4 Å². The number of hydrogen-bond acceptors (Lipinski definition) is 3. The number of rotatable bonds is 5. The Morgan fingerprint density at radius 1 is 0.810 bits per heavy atom. The van der Waals surface area contributed by atoms with Crippen molar-refractivity contribution in [2.24, 2.45) is 0 Å². The zero-order chi connectivity index (χ0) is 15.2. The summed E-state index contributed by atoms with van der Waals surface area (Å²) < 4.78 is 10.3. The summed E-state index contributed by atoms with van der Waals surface area (Å²) in [7, 11) is 3.25. The molecular weight excluding hydrogens is 264 g/mol. The van der Waals surface area contributed by atoms with Crippen molar-refractivity contribution in [2.75, 3.05) is 14.2 Å². The molecule has 3 nitrogen and oxygen atoms in total. The summed E-state index contributed by atoms with van der Waals surface area (Å²) in [6, 6.07) is 15.1. The largest absolute Gasteiger partial charge is 0.497 e. The fraction of sp³-hybridized carbons (Fsp3) is 0.167. The highest BCUT2D eigenvalue weighted by atomic mass is 16.5. The highest BCUT2D eigenvalue weighted by molar-refractivity contribution is 6.16. The molecule has 0 aliphatic heterocycles. The van der Waals surface area contributed by atoms with E-state index in [4.69, 9.17) is 9.47 Å². The molecule has 0 aliphatic rings. The van der Waals surface area contributed by atoms with Crippen LogP contribution in [-0.2, 0) is 4.79 Å². The molecule has 0 spiro atoms. The Balaban J connectivity index is 2.41. The minimum absolute atomic E-state index is 0.669. The van der Waals surface area contributed by atoms with Crippen LogP contribution < -0.4 is 9.47 Å². The lowest BCUT2D eigenvalue weighted by atomic mass is 9.96. The molecule has 0 saturated heterocycles. The van der Waals surface area contributed by atoms with Gasteiger partial charge in [0.05, 0.1) is 14.2 Å². The maximum absolute atomic E-state index is 11.5. The van der Waals surface area contributed by atoms with Gasteiger partial charge in [0.2, 0.25) is 0 Å². The lowest BCUT2D eigenvalue weighted by Crippen LogP contribution is -1.92. The molecule has 108 valence electrons. The van der Waals surface area contributed by atoms with Crippen LogP contribution in [0.15, 0.2) is 48.5 Å². The third-order valence-corrected chi connectivity index (χ3v) is 3.45. The van der Waals surface area contributed by atoms with Crippen LogP contribution in [0.5, 0.6) is 11.5 Å². The first-order valence-corrected chi connectivity index (χ1v) is 6.64. The molecule has 0 radical (unpaired) electrons. The number of hydrogen-bond donors (Lipinski definition) is 0. The summed E-state index contributed by atoms with van der Waals surface area (Å²) in [4.78, 5) is 11.5. The van der Waals surface area contributed by atoms with Crippen LogP contribution in [0.3, 0.4) is 0 Å². The predicted octanol–water partition coefficient (Wildman–Crippen LogP) is 3.83. The molecule has 0 unspecified atom stereocenters. The van der Waals surface area contributed by atoms with Gasteiger partial charge in [0.15, 0.2) is 6.29 Å². The van der Waals surface area contributed by atoms with Crippen molar-refractivity contribution in [2.45, 2.75) is 6.92 Å². The molecule has 2 aromatic rings. The van der Waals surface area contributed by atoms with Crippen LogP contribution in [0, 0.1) is 0 Å². The molecule has 0 fully saturated rings. The minimum Gasteiger partial charge on any atom is -0.497 e. The number of carbonyl (C=O) groups is 1. The van der Waals surface area contributed by atoms with E-state index in [1.165, 1.54) is 0 Å². The molecule has 0 heterocycles. The molecule has 0 N–H and O–H groups in total. The van der Waals surface area contributed by atoms with Gasteiger partial charge in [-0.2, -0.15) is 0 Å². The standard InChI is InChI=1S/C18H18O3/c1-13(14-4-8-16(20-2)9-5-14)18(12-19)15-6-10-17(21-3)11-7-15/h4-12H,1-3H3/b18-13+. The molecule has 3 heteroatoms. The molecule has 0 atom stereocenters. The number of allylic oxidation sites excluding steroid dienone is 2. The Bertz CT molecular complexity index is 637. The van der Waals surface area contributed by atoms with Crippen LogP contribution in [0.25, 0.3) is 11.1 Å². The average Bonchev–Trinajstić information content (AvgIpc) is 2.56. The number of benzene rings is 2. The van der Waals surface area contributed by atoms with Gasteiger partial charge in [0.1, 0.15) is 11.5 Å². The second-order valence-electron chi connectivity index (χ2n) is 4.61. The maximum Gasteiger partial charge on any atom is 0.150 e. The summed E-state index contributed by atoms with van der Waals surface area (Å²) in [5, 5.41) is 0. The summed E-state index contributed by atoms with van der Waals surface area (Å²) >= 11 is 0. The first-order chi connectivity index (χ1) is 10.2. The monoisotopic (exact) mass is 282 g/mol. The van der Waals surface area contributed by atoms with Crippen LogP contribution in [0.4, 0.5) is 0 Å². The highest BCUT2D eigenvalue weighted by Crippen LogP contribution is 2.27. The molecule has 21 heavy (non-hydrogen) atoms. The molecule has 0 aliphatic carbocycles. The van der Waals surface area contributed by atoms with Crippen LogP contribution in [-0.4, -0.2) is 20.5 Å². The van der Waals surface area contributed by atoms with E-state index >= 15 is 0 Å². The summed E-state index contributed by atoms with van der Waals surface area (Å²) in [6.45, 7) is 1.94. The SMILES string of the molecule is COc1ccc(/C(C)=C(\C=O)c2ccc(OC)cc2)cc1. The number of methoxy groups -OCH3 is 2. The third-order valence-electron chi connectivity index (χ3n) is 3.45. The quantitative estimate of drug-likeness (QED) is 0.475. The van der Waals surface area contributed by atoms with Gasteiger partial charge >= 0.3 is 0 Å². The van der Waals surface area contributed by atoms with Crippen molar-refractivity contribution in [1.29, 1.82) is 0 Å². The van der Waals surface area contributed by atoms with E-state index in [2.05, 4.69) is 0 Å². The summed E-state index contributed by atoms with van der Waals surface area (Å²) in [5.41, 5.74) is 3.47. The van der Waals surface area contributed by atoms with Crippen LogP contribution >= 0.6 is 0 Å². The van der Waals surface area contributed by atoms with E-state index in [-0.39, 0.29) is 0 Å². The first-order valence-electron chi connectivity index (χ1n) is 6.64. The van der Waals surface area contributed by atoms with Crippen molar-refractivity contribution in [3.05, 3.63) is 59.7 Å². The normalized spacial score (nSPS) is 11.6. The van der Waals surface area contributed by atoms with Crippen LogP contribution in [0.2, 0.25) is 0 Å². The van der Waals surface area contributed by atoms with Crippen LogP contribution in [0.1, 0.15) is 18.1 Å². The van der Waals surface area contributed by atoms with Gasteiger partial charge in [-0.15, -0.1) is 0 Å². The Kier molecular flexibility index (Phi) is 4.77. The fourth-order valence-electron chi connectivity index (χ4n) is 2.14. The molecule has 2 aromatic carbocycles. The van der Waals surface area contributed by atoms with E-state index < -0.39 is 0 Å². The number of ether oxygens (including phenoxy) is 2. The van der Waals surface area contributed by atoms with Gasteiger partial charge in [-0.1, -0.05) is 24.3 Å². The second kappa shape index (κ2) is 6.75. The molecule has 0 saturated carbocycles.